The normalized spacial score (nSPS) is 10.0. The Morgan fingerprint density at radius 1 is 1.50 bits per heavy atom. The second-order valence-corrected chi connectivity index (χ2v) is 3.90. The zero-order chi connectivity index (χ0) is 12.8. The first-order chi connectivity index (χ1) is 8.83. The molecular weight excluding hydrogens is 228 g/mol. The van der Waals surface area contributed by atoms with Crippen LogP contribution < -0.4 is 5.32 Å². The Kier molecular flexibility index (Phi) is 3.92. The summed E-state index contributed by atoms with van der Waals surface area (Å²) in [7, 11) is 0. The van der Waals surface area contributed by atoms with Crippen molar-refractivity contribution < 1.29 is 4.52 Å². The highest BCUT2D eigenvalue weighted by Crippen LogP contribution is 2.12. The molecule has 92 valence electrons. The maximum absolute atomic E-state index is 8.92. The van der Waals surface area contributed by atoms with Gasteiger partial charge < -0.3 is 9.84 Å². The Morgan fingerprint density at radius 3 is 3.17 bits per heavy atom. The Bertz CT molecular complexity index is 556. The van der Waals surface area contributed by atoms with Crippen LogP contribution in [0.5, 0.6) is 0 Å². The van der Waals surface area contributed by atoms with Crippen LogP contribution >= 0.6 is 0 Å². The number of pyridine rings is 1. The van der Waals surface area contributed by atoms with Crippen molar-refractivity contribution >= 4 is 5.82 Å². The number of aromatic nitrogens is 2. The first kappa shape index (κ1) is 12.1. The summed E-state index contributed by atoms with van der Waals surface area (Å²) in [6.45, 7) is 2.57. The van der Waals surface area contributed by atoms with Crippen LogP contribution in [0, 0.1) is 11.3 Å². The van der Waals surface area contributed by atoms with Crippen LogP contribution in [-0.2, 0) is 13.0 Å². The van der Waals surface area contributed by atoms with Crippen LogP contribution in [0.2, 0.25) is 0 Å². The summed E-state index contributed by atoms with van der Waals surface area (Å²) in [5.41, 5.74) is 1.47. The molecule has 0 amide bonds. The van der Waals surface area contributed by atoms with Crippen LogP contribution in [0.25, 0.3) is 0 Å². The Morgan fingerprint density at radius 2 is 2.39 bits per heavy atom. The molecule has 2 aromatic heterocycles. The molecule has 0 fully saturated rings. The molecule has 0 radical (unpaired) electrons. The largest absolute Gasteiger partial charge is 0.362 e. The first-order valence-corrected chi connectivity index (χ1v) is 5.87. The van der Waals surface area contributed by atoms with E-state index >= 15 is 0 Å². The van der Waals surface area contributed by atoms with Gasteiger partial charge in [-0.25, -0.2) is 4.98 Å². The second kappa shape index (κ2) is 5.82. The van der Waals surface area contributed by atoms with Gasteiger partial charge in [-0.15, -0.1) is 0 Å². The first-order valence-electron chi connectivity index (χ1n) is 5.87. The third-order valence-corrected chi connectivity index (χ3v) is 2.47. The molecule has 0 aliphatic carbocycles. The molecule has 1 N–H and O–H groups in total. The molecule has 5 heteroatoms. The second-order valence-electron chi connectivity index (χ2n) is 3.90. The molecule has 0 atom stereocenters. The monoisotopic (exact) mass is 242 g/mol. The van der Waals surface area contributed by atoms with Gasteiger partial charge in [-0.05, 0) is 18.6 Å². The molecule has 2 aromatic rings. The van der Waals surface area contributed by atoms with Gasteiger partial charge in [0.05, 0.1) is 17.8 Å². The predicted molar refractivity (Wildman–Crippen MR) is 66.8 cm³/mol. The highest BCUT2D eigenvalue weighted by molar-refractivity contribution is 5.51. The van der Waals surface area contributed by atoms with Crippen molar-refractivity contribution in [3.8, 4) is 6.07 Å². The summed E-state index contributed by atoms with van der Waals surface area (Å²) < 4.78 is 5.19. The van der Waals surface area contributed by atoms with Crippen LogP contribution in [0.4, 0.5) is 5.82 Å². The van der Waals surface area contributed by atoms with Gasteiger partial charge >= 0.3 is 0 Å². The summed E-state index contributed by atoms with van der Waals surface area (Å²) >= 11 is 0. The minimum atomic E-state index is 0.475. The summed E-state index contributed by atoms with van der Waals surface area (Å²) in [4.78, 5) is 4.11. The maximum atomic E-state index is 8.92. The molecule has 2 rings (SSSR count). The molecular formula is C13H14N4O. The van der Waals surface area contributed by atoms with Crippen molar-refractivity contribution in [1.82, 2.24) is 10.1 Å². The van der Waals surface area contributed by atoms with Gasteiger partial charge in [0.2, 0.25) is 0 Å². The van der Waals surface area contributed by atoms with Crippen molar-refractivity contribution in [1.29, 1.82) is 5.26 Å². The van der Waals surface area contributed by atoms with Crippen LogP contribution in [0.3, 0.4) is 0 Å². The lowest BCUT2D eigenvalue weighted by Gasteiger charge is -2.03. The van der Waals surface area contributed by atoms with E-state index in [4.69, 9.17) is 9.78 Å². The van der Waals surface area contributed by atoms with Gasteiger partial charge in [0.15, 0.2) is 5.76 Å². The number of nitrogens with zero attached hydrogens (tertiary/aromatic N) is 3. The molecule has 0 aliphatic rings. The molecule has 0 aliphatic heterocycles. The number of nitriles is 1. The number of hydrogen-bond acceptors (Lipinski definition) is 5. The zero-order valence-corrected chi connectivity index (χ0v) is 10.2. The van der Waals surface area contributed by atoms with Crippen molar-refractivity contribution in [2.45, 2.75) is 26.3 Å². The average Bonchev–Trinajstić information content (AvgIpc) is 2.85. The number of nitrogens with one attached hydrogen (secondary N) is 1. The lowest BCUT2D eigenvalue weighted by Crippen LogP contribution is -2.02. The van der Waals surface area contributed by atoms with Crippen molar-refractivity contribution in [3.05, 3.63) is 41.4 Å². The van der Waals surface area contributed by atoms with E-state index in [0.717, 1.165) is 24.3 Å². The third-order valence-electron chi connectivity index (χ3n) is 2.47. The fraction of sp³-hybridized carbons (Fsp3) is 0.308. The molecule has 5 nitrogen and oxygen atoms in total. The highest BCUT2D eigenvalue weighted by atomic mass is 16.5. The minimum Gasteiger partial charge on any atom is -0.362 e. The molecule has 0 spiro atoms. The van der Waals surface area contributed by atoms with E-state index in [1.165, 1.54) is 0 Å². The summed E-state index contributed by atoms with van der Waals surface area (Å²) in [5.74, 6) is 1.31. The fourth-order valence-corrected chi connectivity index (χ4v) is 1.62. The highest BCUT2D eigenvalue weighted by Gasteiger charge is 2.05. The Labute approximate surface area is 105 Å². The Hall–Kier alpha value is -2.35. The lowest BCUT2D eigenvalue weighted by molar-refractivity contribution is 0.381. The van der Waals surface area contributed by atoms with Crippen molar-refractivity contribution in [2.24, 2.45) is 0 Å². The van der Waals surface area contributed by atoms with E-state index in [1.54, 1.807) is 18.3 Å². The van der Waals surface area contributed by atoms with E-state index in [-0.39, 0.29) is 0 Å². The van der Waals surface area contributed by atoms with Crippen LogP contribution in [0.1, 0.15) is 30.4 Å². The van der Waals surface area contributed by atoms with Gasteiger partial charge in [0.1, 0.15) is 11.9 Å². The predicted octanol–water partition coefficient (Wildman–Crippen LogP) is 2.51. The number of hydrogen-bond donors (Lipinski definition) is 1. The standard InChI is InChI=1S/C13H14N4O/c1-2-4-11-7-12(18-17-11)9-16-13-10(8-14)5-3-6-15-13/h3,5-7H,2,4,9H2,1H3,(H,15,16). The third kappa shape index (κ3) is 2.86. The van der Waals surface area contributed by atoms with Crippen LogP contribution in [0.15, 0.2) is 28.9 Å². The number of anilines is 1. The van der Waals surface area contributed by atoms with Crippen molar-refractivity contribution in [2.75, 3.05) is 5.32 Å². The summed E-state index contributed by atoms with van der Waals surface area (Å²) in [6.07, 6.45) is 3.60. The van der Waals surface area contributed by atoms with Gasteiger partial charge in [-0.2, -0.15) is 5.26 Å². The van der Waals surface area contributed by atoms with Gasteiger partial charge in [0.25, 0.3) is 0 Å². The van der Waals surface area contributed by atoms with Crippen molar-refractivity contribution in [3.63, 3.8) is 0 Å². The topological polar surface area (TPSA) is 74.7 Å². The zero-order valence-electron chi connectivity index (χ0n) is 10.2. The minimum absolute atomic E-state index is 0.475. The van der Waals surface area contributed by atoms with E-state index in [2.05, 4.69) is 28.5 Å². The summed E-state index contributed by atoms with van der Waals surface area (Å²) in [5, 5.41) is 16.0. The Balaban J connectivity index is 2.00. The van der Waals surface area contributed by atoms with E-state index in [0.29, 0.717) is 17.9 Å². The molecule has 0 aromatic carbocycles. The number of aryl methyl sites for hydroxylation is 1. The van der Waals surface area contributed by atoms with Gasteiger partial charge in [-0.1, -0.05) is 18.5 Å². The fourth-order valence-electron chi connectivity index (χ4n) is 1.62. The number of rotatable bonds is 5. The maximum Gasteiger partial charge on any atom is 0.156 e. The summed E-state index contributed by atoms with van der Waals surface area (Å²) in [6, 6.07) is 7.46. The van der Waals surface area contributed by atoms with E-state index < -0.39 is 0 Å². The molecule has 0 saturated heterocycles. The SMILES string of the molecule is CCCc1cc(CNc2ncccc2C#N)on1. The van der Waals surface area contributed by atoms with E-state index in [9.17, 15) is 0 Å². The molecule has 0 bridgehead atoms. The average molecular weight is 242 g/mol. The molecule has 2 heterocycles. The molecule has 18 heavy (non-hydrogen) atoms. The van der Waals surface area contributed by atoms with E-state index in [1.807, 2.05) is 6.07 Å². The lowest BCUT2D eigenvalue weighted by atomic mass is 10.2. The van der Waals surface area contributed by atoms with Gasteiger partial charge in [-0.3, -0.25) is 0 Å². The smallest absolute Gasteiger partial charge is 0.156 e. The van der Waals surface area contributed by atoms with Gasteiger partial charge in [0, 0.05) is 12.3 Å². The molecule has 0 unspecified atom stereocenters. The quantitative estimate of drug-likeness (QED) is 0.871. The molecule has 0 saturated carbocycles. The van der Waals surface area contributed by atoms with Crippen LogP contribution in [-0.4, -0.2) is 10.1 Å².